The van der Waals surface area contributed by atoms with E-state index in [2.05, 4.69) is 48.2 Å². The van der Waals surface area contributed by atoms with Crippen LogP contribution in [0.25, 0.3) is 0 Å². The maximum Gasteiger partial charge on any atom is 0.0419 e. The summed E-state index contributed by atoms with van der Waals surface area (Å²) >= 11 is 0. The molecule has 106 valence electrons. The number of likely N-dealkylation sites (tertiary alicyclic amines) is 1. The highest BCUT2D eigenvalue weighted by molar-refractivity contribution is 5.08. The van der Waals surface area contributed by atoms with Crippen LogP contribution in [0.2, 0.25) is 0 Å². The molecule has 0 spiro atoms. The van der Waals surface area contributed by atoms with Crippen LogP contribution in [0.3, 0.4) is 0 Å². The molecule has 1 aliphatic heterocycles. The molecule has 3 heteroatoms. The molecule has 0 radical (unpaired) electrons. The molecule has 0 aliphatic carbocycles. The average molecular weight is 261 g/mol. The molecule has 1 fully saturated rings. The highest BCUT2D eigenvalue weighted by Gasteiger charge is 2.35. The van der Waals surface area contributed by atoms with E-state index in [1.807, 2.05) is 12.3 Å². The Balaban J connectivity index is 2.06. The van der Waals surface area contributed by atoms with E-state index in [4.69, 9.17) is 0 Å². The molecule has 3 nitrogen and oxygen atoms in total. The largest absolute Gasteiger partial charge is 0.315 e. The van der Waals surface area contributed by atoms with Gasteiger partial charge in [0.2, 0.25) is 0 Å². The van der Waals surface area contributed by atoms with E-state index in [0.29, 0.717) is 6.04 Å². The number of rotatable bonds is 5. The van der Waals surface area contributed by atoms with Gasteiger partial charge in [-0.3, -0.25) is 9.88 Å². The molecule has 1 saturated heterocycles. The van der Waals surface area contributed by atoms with Crippen LogP contribution in [0.1, 0.15) is 38.8 Å². The maximum absolute atomic E-state index is 4.47. The summed E-state index contributed by atoms with van der Waals surface area (Å²) in [5.74, 6) is 0. The molecule has 1 aromatic rings. The van der Waals surface area contributed by atoms with Gasteiger partial charge in [0.15, 0.2) is 0 Å². The van der Waals surface area contributed by atoms with E-state index in [1.54, 1.807) is 0 Å². The Hall–Kier alpha value is -0.930. The summed E-state index contributed by atoms with van der Waals surface area (Å²) in [4.78, 5) is 7.11. The molecule has 19 heavy (non-hydrogen) atoms. The van der Waals surface area contributed by atoms with Crippen molar-refractivity contribution in [3.8, 4) is 0 Å². The quantitative estimate of drug-likeness (QED) is 0.882. The van der Waals surface area contributed by atoms with Crippen molar-refractivity contribution in [1.29, 1.82) is 0 Å². The fourth-order valence-electron chi connectivity index (χ4n) is 3.12. The van der Waals surface area contributed by atoms with Gasteiger partial charge in [0, 0.05) is 29.9 Å². The third kappa shape index (κ3) is 3.54. The third-order valence-corrected chi connectivity index (χ3v) is 4.51. The molecular formula is C16H27N3. The molecule has 1 N–H and O–H groups in total. The standard InChI is InChI=1S/C16H27N3/c1-16(2,19-11-7-4-8-12-19)15(17-3)13-14-9-5-6-10-18-14/h5-6,9-10,15,17H,4,7-8,11-13H2,1-3H3. The van der Waals surface area contributed by atoms with E-state index in [-0.39, 0.29) is 5.54 Å². The summed E-state index contributed by atoms with van der Waals surface area (Å²) < 4.78 is 0. The molecule has 2 heterocycles. The number of nitrogens with zero attached hydrogens (tertiary/aromatic N) is 2. The minimum absolute atomic E-state index is 0.173. The van der Waals surface area contributed by atoms with E-state index < -0.39 is 0 Å². The van der Waals surface area contributed by atoms with Crippen molar-refractivity contribution in [3.63, 3.8) is 0 Å². The highest BCUT2D eigenvalue weighted by atomic mass is 15.2. The predicted octanol–water partition coefficient (Wildman–Crippen LogP) is 2.48. The Morgan fingerprint density at radius 1 is 1.26 bits per heavy atom. The van der Waals surface area contributed by atoms with Gasteiger partial charge in [-0.05, 0) is 59.0 Å². The van der Waals surface area contributed by atoms with Crippen molar-refractivity contribution in [2.75, 3.05) is 20.1 Å². The van der Waals surface area contributed by atoms with Gasteiger partial charge < -0.3 is 5.32 Å². The summed E-state index contributed by atoms with van der Waals surface area (Å²) in [5.41, 5.74) is 1.35. The summed E-state index contributed by atoms with van der Waals surface area (Å²) in [5, 5.41) is 3.51. The van der Waals surface area contributed by atoms with Gasteiger partial charge in [-0.25, -0.2) is 0 Å². The fraction of sp³-hybridized carbons (Fsp3) is 0.688. The number of nitrogens with one attached hydrogen (secondary N) is 1. The zero-order valence-corrected chi connectivity index (χ0v) is 12.5. The molecule has 1 unspecified atom stereocenters. The Kier molecular flexibility index (Phi) is 4.94. The second-order valence-corrected chi connectivity index (χ2v) is 6.07. The van der Waals surface area contributed by atoms with Gasteiger partial charge in [0.05, 0.1) is 0 Å². The maximum atomic E-state index is 4.47. The highest BCUT2D eigenvalue weighted by Crippen LogP contribution is 2.25. The van der Waals surface area contributed by atoms with Crippen molar-refractivity contribution < 1.29 is 0 Å². The van der Waals surface area contributed by atoms with Gasteiger partial charge >= 0.3 is 0 Å². The lowest BCUT2D eigenvalue weighted by molar-refractivity contribution is 0.0632. The lowest BCUT2D eigenvalue weighted by Gasteiger charge is -2.46. The minimum atomic E-state index is 0.173. The SMILES string of the molecule is CNC(Cc1ccccn1)C(C)(C)N1CCCCC1. The third-order valence-electron chi connectivity index (χ3n) is 4.51. The minimum Gasteiger partial charge on any atom is -0.315 e. The first-order valence-corrected chi connectivity index (χ1v) is 7.47. The topological polar surface area (TPSA) is 28.2 Å². The predicted molar refractivity (Wildman–Crippen MR) is 80.3 cm³/mol. The first-order valence-electron chi connectivity index (χ1n) is 7.47. The summed E-state index contributed by atoms with van der Waals surface area (Å²) in [6.07, 6.45) is 6.93. The molecule has 1 atom stereocenters. The van der Waals surface area contributed by atoms with Crippen LogP contribution in [-0.2, 0) is 6.42 Å². The van der Waals surface area contributed by atoms with E-state index in [1.165, 1.54) is 38.0 Å². The zero-order valence-electron chi connectivity index (χ0n) is 12.5. The summed E-state index contributed by atoms with van der Waals surface area (Å²) in [6.45, 7) is 7.19. The van der Waals surface area contributed by atoms with Crippen LogP contribution in [0, 0.1) is 0 Å². The fourth-order valence-corrected chi connectivity index (χ4v) is 3.12. The summed E-state index contributed by atoms with van der Waals surface area (Å²) in [7, 11) is 2.07. The van der Waals surface area contributed by atoms with Crippen molar-refractivity contribution >= 4 is 0 Å². The second kappa shape index (κ2) is 6.49. The molecule has 1 aliphatic rings. The van der Waals surface area contributed by atoms with Crippen molar-refractivity contribution in [1.82, 2.24) is 15.2 Å². The molecular weight excluding hydrogens is 234 g/mol. The first-order chi connectivity index (χ1) is 9.14. The van der Waals surface area contributed by atoms with Gasteiger partial charge in [-0.15, -0.1) is 0 Å². The number of hydrogen-bond donors (Lipinski definition) is 1. The second-order valence-electron chi connectivity index (χ2n) is 6.07. The number of piperidine rings is 1. The Morgan fingerprint density at radius 2 is 2.00 bits per heavy atom. The van der Waals surface area contributed by atoms with Gasteiger partial charge in [-0.1, -0.05) is 12.5 Å². The zero-order chi connectivity index (χ0) is 13.7. The monoisotopic (exact) mass is 261 g/mol. The number of likely N-dealkylation sites (N-methyl/N-ethyl adjacent to an activating group) is 1. The van der Waals surface area contributed by atoms with Gasteiger partial charge in [0.1, 0.15) is 0 Å². The van der Waals surface area contributed by atoms with Gasteiger partial charge in [-0.2, -0.15) is 0 Å². The van der Waals surface area contributed by atoms with Crippen LogP contribution < -0.4 is 5.32 Å². The average Bonchev–Trinajstić information content (AvgIpc) is 2.46. The van der Waals surface area contributed by atoms with E-state index in [0.717, 1.165) is 6.42 Å². The van der Waals surface area contributed by atoms with Crippen LogP contribution >= 0.6 is 0 Å². The Bertz CT molecular complexity index is 369. The Morgan fingerprint density at radius 3 is 2.58 bits per heavy atom. The molecule has 0 amide bonds. The van der Waals surface area contributed by atoms with Crippen LogP contribution in [-0.4, -0.2) is 41.6 Å². The lowest BCUT2D eigenvalue weighted by atomic mass is 9.87. The normalized spacial score (nSPS) is 19.3. The smallest absolute Gasteiger partial charge is 0.0419 e. The lowest BCUT2D eigenvalue weighted by Crippen LogP contribution is -2.59. The van der Waals surface area contributed by atoms with E-state index in [9.17, 15) is 0 Å². The molecule has 1 aromatic heterocycles. The molecule has 0 saturated carbocycles. The molecule has 2 rings (SSSR count). The molecule has 0 aromatic carbocycles. The van der Waals surface area contributed by atoms with Crippen molar-refractivity contribution in [2.24, 2.45) is 0 Å². The van der Waals surface area contributed by atoms with Gasteiger partial charge in [0.25, 0.3) is 0 Å². The number of aromatic nitrogens is 1. The Labute approximate surface area is 117 Å². The van der Waals surface area contributed by atoms with Crippen LogP contribution in [0.4, 0.5) is 0 Å². The van der Waals surface area contributed by atoms with Crippen LogP contribution in [0.15, 0.2) is 24.4 Å². The van der Waals surface area contributed by atoms with Crippen molar-refractivity contribution in [3.05, 3.63) is 30.1 Å². The summed E-state index contributed by atoms with van der Waals surface area (Å²) in [6, 6.07) is 6.60. The van der Waals surface area contributed by atoms with Crippen molar-refractivity contribution in [2.45, 2.75) is 51.1 Å². The number of hydrogen-bond acceptors (Lipinski definition) is 3. The molecule has 0 bridgehead atoms. The first kappa shape index (κ1) is 14.5. The number of pyridine rings is 1. The van der Waals surface area contributed by atoms with Crippen LogP contribution in [0.5, 0.6) is 0 Å². The van der Waals surface area contributed by atoms with E-state index >= 15 is 0 Å².